The number of carbonyl (C=O) groups is 7. The molecular formula is C55H70N12O7S. The van der Waals surface area contributed by atoms with E-state index in [4.69, 9.17) is 5.73 Å². The molecule has 9 N–H and O–H groups in total. The van der Waals surface area contributed by atoms with Crippen molar-refractivity contribution >= 4 is 74.7 Å². The summed E-state index contributed by atoms with van der Waals surface area (Å²) in [6, 6.07) is 22.0. The number of nitrogens with two attached hydrogens (primary N) is 1. The second-order valence-electron chi connectivity index (χ2n) is 19.9. The fourth-order valence-electron chi connectivity index (χ4n) is 10.3. The maximum atomic E-state index is 14.8. The van der Waals surface area contributed by atoms with Gasteiger partial charge in [0.2, 0.25) is 53.3 Å². The average molecular weight is 1040 g/mol. The standard InChI is InChI=1S/C55H70N12O7S/c1-35(68)61-43(31-37-16-7-3-8-17-37)49(70)62-41(21-13-28-67(54-57-24-25-58-54)55-59-26-27-60-55)53(74)66-29-23-46(66)52(73)65-44(32-38-18-9-4-10-19-38)50(71)64-45(34-40-33-39-20-11-12-22-47(39)75-40)51(72)63-42(48(56)69)30-36-14-5-2-6-15-36/h2-3,5-8,11-12,14-17,20,22,33,38,41-46H,4,9-10,13,18-19,21,23-32,34H2,1H3,(H2,56,69)(H,57,58)(H,59,60)(H,61,68)(H,62,70)(H,63,72)(H,64,71)(H,65,73)/t41-,42-,43-,44+,45-,46-/m0/s1. The van der Waals surface area contributed by atoms with E-state index in [0.29, 0.717) is 63.9 Å². The first kappa shape index (κ1) is 53.9. The van der Waals surface area contributed by atoms with Crippen molar-refractivity contribution < 1.29 is 33.6 Å². The van der Waals surface area contributed by atoms with Crippen LogP contribution >= 0.6 is 11.3 Å². The summed E-state index contributed by atoms with van der Waals surface area (Å²) in [5.74, 6) is -2.38. The molecule has 0 spiro atoms. The number of hydrogen-bond donors (Lipinski definition) is 8. The molecule has 1 saturated heterocycles. The smallest absolute Gasteiger partial charge is 0.245 e. The van der Waals surface area contributed by atoms with E-state index in [2.05, 4.69) is 47.2 Å². The van der Waals surface area contributed by atoms with Crippen molar-refractivity contribution in [3.05, 3.63) is 107 Å². The summed E-state index contributed by atoms with van der Waals surface area (Å²) in [5.41, 5.74) is 7.45. The molecule has 1 saturated carbocycles. The van der Waals surface area contributed by atoms with E-state index in [1.165, 1.54) is 23.2 Å². The highest BCUT2D eigenvalue weighted by atomic mass is 32.1. The maximum Gasteiger partial charge on any atom is 0.245 e. The number of likely N-dealkylation sites (tertiary alicyclic amines) is 1. The molecule has 0 bridgehead atoms. The first-order valence-corrected chi connectivity index (χ1v) is 27.2. The first-order valence-electron chi connectivity index (χ1n) is 26.4. The number of fused-ring (bicyclic) bond motifs is 1. The molecule has 398 valence electrons. The van der Waals surface area contributed by atoms with Crippen LogP contribution in [0.5, 0.6) is 0 Å². The Bertz CT molecular complexity index is 2660. The Kier molecular flexibility index (Phi) is 18.9. The molecule has 4 aromatic rings. The summed E-state index contributed by atoms with van der Waals surface area (Å²) in [4.78, 5) is 111. The van der Waals surface area contributed by atoms with Crippen LogP contribution in [0.3, 0.4) is 0 Å². The fourth-order valence-corrected chi connectivity index (χ4v) is 11.4. The van der Waals surface area contributed by atoms with Gasteiger partial charge in [-0.15, -0.1) is 11.3 Å². The molecular weight excluding hydrogens is 973 g/mol. The number of nitrogens with one attached hydrogen (secondary N) is 7. The Labute approximate surface area is 441 Å². The summed E-state index contributed by atoms with van der Waals surface area (Å²) in [7, 11) is 0. The molecule has 75 heavy (non-hydrogen) atoms. The second kappa shape index (κ2) is 26.2. The van der Waals surface area contributed by atoms with E-state index in [9.17, 15) is 33.6 Å². The molecule has 2 fully saturated rings. The monoisotopic (exact) mass is 1040 g/mol. The fraction of sp³-hybridized carbons (Fsp3) is 0.473. The van der Waals surface area contributed by atoms with E-state index in [1.807, 2.05) is 95.9 Å². The Morgan fingerprint density at radius 2 is 1.25 bits per heavy atom. The highest BCUT2D eigenvalue weighted by molar-refractivity contribution is 7.19. The molecule has 19 nitrogen and oxygen atoms in total. The van der Waals surface area contributed by atoms with Gasteiger partial charge >= 0.3 is 0 Å². The lowest BCUT2D eigenvalue weighted by Gasteiger charge is -2.42. The molecule has 4 heterocycles. The normalized spacial score (nSPS) is 18.3. The average Bonchev–Trinajstić information content (AvgIpc) is 4.21. The third-order valence-corrected chi connectivity index (χ3v) is 15.4. The third-order valence-electron chi connectivity index (χ3n) is 14.3. The molecule has 6 atom stereocenters. The number of aliphatic imine (C=N–C) groups is 2. The minimum Gasteiger partial charge on any atom is -0.368 e. The number of nitrogens with zero attached hydrogens (tertiary/aromatic N) is 4. The summed E-state index contributed by atoms with van der Waals surface area (Å²) in [6.07, 6.45) is 6.45. The van der Waals surface area contributed by atoms with Crippen molar-refractivity contribution in [3.8, 4) is 0 Å². The Balaban J connectivity index is 1.01. The summed E-state index contributed by atoms with van der Waals surface area (Å²) in [6.45, 7) is 4.56. The second-order valence-corrected chi connectivity index (χ2v) is 21.0. The Hall–Kier alpha value is -7.35. The van der Waals surface area contributed by atoms with Gasteiger partial charge in [-0.25, -0.2) is 0 Å². The lowest BCUT2D eigenvalue weighted by atomic mass is 9.84. The molecule has 20 heteroatoms. The van der Waals surface area contributed by atoms with E-state index in [1.54, 1.807) is 0 Å². The maximum absolute atomic E-state index is 14.8. The number of benzene rings is 3. The number of guanidine groups is 2. The minimum atomic E-state index is -1.15. The largest absolute Gasteiger partial charge is 0.368 e. The van der Waals surface area contributed by atoms with Gasteiger partial charge in [0, 0.05) is 61.9 Å². The van der Waals surface area contributed by atoms with E-state index in [0.717, 1.165) is 58.2 Å². The molecule has 3 aliphatic heterocycles. The van der Waals surface area contributed by atoms with Crippen LogP contribution in [-0.2, 0) is 52.8 Å². The van der Waals surface area contributed by atoms with Gasteiger partial charge < -0.3 is 47.9 Å². The zero-order valence-electron chi connectivity index (χ0n) is 42.6. The Morgan fingerprint density at radius 1 is 0.680 bits per heavy atom. The van der Waals surface area contributed by atoms with Crippen LogP contribution in [0, 0.1) is 5.92 Å². The number of amides is 7. The van der Waals surface area contributed by atoms with Crippen LogP contribution in [0.2, 0.25) is 0 Å². The Morgan fingerprint density at radius 3 is 1.83 bits per heavy atom. The number of rotatable bonds is 23. The number of primary amides is 1. The summed E-state index contributed by atoms with van der Waals surface area (Å²) in [5, 5.41) is 22.1. The minimum absolute atomic E-state index is 0.108. The third kappa shape index (κ3) is 14.9. The van der Waals surface area contributed by atoms with Crippen LogP contribution in [0.25, 0.3) is 10.1 Å². The topological polar surface area (TPSA) is 261 Å². The van der Waals surface area contributed by atoms with Gasteiger partial charge in [-0.3, -0.25) is 48.4 Å². The van der Waals surface area contributed by atoms with Crippen LogP contribution in [0.15, 0.2) is 101 Å². The summed E-state index contributed by atoms with van der Waals surface area (Å²) >= 11 is 1.50. The number of carbonyl (C=O) groups excluding carboxylic acids is 7. The highest BCUT2D eigenvalue weighted by Crippen LogP contribution is 2.29. The molecule has 1 aliphatic carbocycles. The van der Waals surface area contributed by atoms with Crippen molar-refractivity contribution in [2.75, 3.05) is 39.3 Å². The molecule has 4 aliphatic rings. The lowest BCUT2D eigenvalue weighted by molar-refractivity contribution is -0.151. The molecule has 0 radical (unpaired) electrons. The molecule has 0 unspecified atom stereocenters. The van der Waals surface area contributed by atoms with E-state index in [-0.39, 0.29) is 38.1 Å². The predicted molar refractivity (Wildman–Crippen MR) is 288 cm³/mol. The number of thiophene rings is 1. The van der Waals surface area contributed by atoms with Crippen LogP contribution in [0.1, 0.15) is 80.7 Å². The van der Waals surface area contributed by atoms with Gasteiger partial charge in [-0.1, -0.05) is 111 Å². The van der Waals surface area contributed by atoms with Crippen LogP contribution < -0.4 is 43.0 Å². The van der Waals surface area contributed by atoms with Crippen LogP contribution in [0.4, 0.5) is 0 Å². The SMILES string of the molecule is CC(=O)N[C@@H](Cc1ccccc1)C(=O)N[C@@H](CCCN(C1=NCCN1)C1=NCCN1)C(=O)N1CC[C@H]1C(=O)N[C@H](CC1CCCCC1)C(=O)N[C@@H](Cc1cc2ccccc2s1)C(=O)N[C@@H](Cc1ccccc1)C(N)=O. The highest BCUT2D eigenvalue weighted by Gasteiger charge is 2.43. The van der Waals surface area contributed by atoms with E-state index < -0.39 is 77.6 Å². The molecule has 7 amide bonds. The van der Waals surface area contributed by atoms with Gasteiger partial charge in [0.05, 0.1) is 13.1 Å². The van der Waals surface area contributed by atoms with Gasteiger partial charge in [-0.05, 0) is 60.2 Å². The van der Waals surface area contributed by atoms with E-state index >= 15 is 0 Å². The quantitative estimate of drug-likeness (QED) is 0.0538. The van der Waals surface area contributed by atoms with Crippen LogP contribution in [-0.4, -0.2) is 139 Å². The van der Waals surface area contributed by atoms with Gasteiger partial charge in [0.15, 0.2) is 0 Å². The number of hydrogen-bond acceptors (Lipinski definition) is 13. The van der Waals surface area contributed by atoms with Crippen molar-refractivity contribution in [3.63, 3.8) is 0 Å². The molecule has 1 aromatic heterocycles. The zero-order chi connectivity index (χ0) is 52.7. The van der Waals surface area contributed by atoms with Gasteiger partial charge in [-0.2, -0.15) is 0 Å². The predicted octanol–water partition coefficient (Wildman–Crippen LogP) is 2.43. The summed E-state index contributed by atoms with van der Waals surface area (Å²) < 4.78 is 1.01. The van der Waals surface area contributed by atoms with Crippen molar-refractivity contribution in [1.29, 1.82) is 0 Å². The zero-order valence-corrected chi connectivity index (χ0v) is 43.4. The van der Waals surface area contributed by atoms with Crippen molar-refractivity contribution in [1.82, 2.24) is 47.0 Å². The lowest BCUT2D eigenvalue weighted by Crippen LogP contribution is -2.65. The molecule has 8 rings (SSSR count). The van der Waals surface area contributed by atoms with Crippen molar-refractivity contribution in [2.45, 2.75) is 120 Å². The van der Waals surface area contributed by atoms with Crippen molar-refractivity contribution in [2.24, 2.45) is 21.6 Å². The van der Waals surface area contributed by atoms with Gasteiger partial charge in [0.25, 0.3) is 0 Å². The first-order chi connectivity index (χ1) is 36.4. The van der Waals surface area contributed by atoms with Gasteiger partial charge in [0.1, 0.15) is 36.3 Å². The molecule has 3 aromatic carbocycles.